The Morgan fingerprint density at radius 3 is 3.00 bits per heavy atom. The van der Waals surface area contributed by atoms with Crippen LogP contribution < -0.4 is 16.0 Å². The van der Waals surface area contributed by atoms with E-state index in [1.807, 2.05) is 18.2 Å². The van der Waals surface area contributed by atoms with Crippen LogP contribution in [-0.4, -0.2) is 60.1 Å². The standard InChI is InChI=1S/C19H25N5O2/c1-24-12-4-2-6-15(24)14(8-12)22-18(25)13-5-3-7-16-17(13)23-19(26-16)21-11-9-20-10-11/h3,5,7,11-12,14-15,20H,2,4,6,8-10H2,1H3,(H,21,23)(H,22,25). The van der Waals surface area contributed by atoms with Crippen LogP contribution in [0.2, 0.25) is 0 Å². The number of fused-ring (bicyclic) bond motifs is 3. The molecule has 0 aliphatic carbocycles. The Morgan fingerprint density at radius 2 is 2.23 bits per heavy atom. The molecule has 1 amide bonds. The summed E-state index contributed by atoms with van der Waals surface area (Å²) >= 11 is 0. The molecule has 2 bridgehead atoms. The zero-order valence-electron chi connectivity index (χ0n) is 15.0. The van der Waals surface area contributed by atoms with Gasteiger partial charge >= 0.3 is 0 Å². The number of likely N-dealkylation sites (N-methyl/N-ethyl adjacent to an activating group) is 1. The number of piperidine rings is 1. The highest BCUT2D eigenvalue weighted by Gasteiger charge is 2.42. The molecule has 3 N–H and O–H groups in total. The normalized spacial score (nSPS) is 28.9. The quantitative estimate of drug-likeness (QED) is 0.772. The molecular weight excluding hydrogens is 330 g/mol. The molecular formula is C19H25N5O2. The number of aromatic nitrogens is 1. The summed E-state index contributed by atoms with van der Waals surface area (Å²) in [6, 6.07) is 7.67. The third-order valence-corrected chi connectivity index (χ3v) is 6.22. The maximum absolute atomic E-state index is 13.0. The van der Waals surface area contributed by atoms with Gasteiger partial charge in [0.25, 0.3) is 11.9 Å². The molecule has 7 heteroatoms. The highest BCUT2D eigenvalue weighted by molar-refractivity contribution is 6.04. The molecule has 0 spiro atoms. The van der Waals surface area contributed by atoms with Crippen molar-refractivity contribution in [3.05, 3.63) is 23.8 Å². The van der Waals surface area contributed by atoms with E-state index in [1.165, 1.54) is 12.8 Å². The molecule has 3 unspecified atom stereocenters. The number of nitrogens with zero attached hydrogens (tertiary/aromatic N) is 2. The van der Waals surface area contributed by atoms with E-state index in [2.05, 4.69) is 32.9 Å². The van der Waals surface area contributed by atoms with Crippen LogP contribution in [0.1, 0.15) is 36.0 Å². The van der Waals surface area contributed by atoms with Gasteiger partial charge in [-0.25, -0.2) is 0 Å². The van der Waals surface area contributed by atoms with Gasteiger partial charge in [-0.1, -0.05) is 12.5 Å². The second-order valence-corrected chi connectivity index (χ2v) is 7.80. The first-order valence-corrected chi connectivity index (χ1v) is 9.58. The van der Waals surface area contributed by atoms with E-state index >= 15 is 0 Å². The zero-order valence-corrected chi connectivity index (χ0v) is 15.0. The minimum atomic E-state index is -0.0493. The molecule has 0 radical (unpaired) electrons. The lowest BCUT2D eigenvalue weighted by molar-refractivity contribution is 0.0922. The van der Waals surface area contributed by atoms with Crippen molar-refractivity contribution in [2.45, 2.75) is 49.9 Å². The van der Waals surface area contributed by atoms with E-state index in [0.717, 1.165) is 25.9 Å². The Morgan fingerprint density at radius 1 is 1.35 bits per heavy atom. The second kappa shape index (κ2) is 6.25. The number of carbonyl (C=O) groups is 1. The summed E-state index contributed by atoms with van der Waals surface area (Å²) in [5.74, 6) is -0.0493. The van der Waals surface area contributed by atoms with Crippen molar-refractivity contribution in [1.29, 1.82) is 0 Å². The van der Waals surface area contributed by atoms with Crippen molar-refractivity contribution < 1.29 is 9.21 Å². The molecule has 0 saturated carbocycles. The smallest absolute Gasteiger partial charge is 0.296 e. The van der Waals surface area contributed by atoms with Gasteiger partial charge in [-0.05, 0) is 38.4 Å². The molecule has 3 aliphatic rings. The average molecular weight is 355 g/mol. The third kappa shape index (κ3) is 2.66. The fourth-order valence-corrected chi connectivity index (χ4v) is 4.62. The number of rotatable bonds is 4. The number of oxazole rings is 1. The van der Waals surface area contributed by atoms with E-state index < -0.39 is 0 Å². The van der Waals surface area contributed by atoms with E-state index in [9.17, 15) is 4.79 Å². The molecule has 3 saturated heterocycles. The summed E-state index contributed by atoms with van der Waals surface area (Å²) in [5, 5.41) is 9.74. The Hall–Kier alpha value is -2.12. The minimum absolute atomic E-state index is 0.0493. The van der Waals surface area contributed by atoms with Crippen LogP contribution in [-0.2, 0) is 0 Å². The van der Waals surface area contributed by atoms with Gasteiger partial charge in [0.15, 0.2) is 5.58 Å². The predicted molar refractivity (Wildman–Crippen MR) is 99.4 cm³/mol. The summed E-state index contributed by atoms with van der Waals surface area (Å²) in [5.41, 5.74) is 1.87. The molecule has 4 heterocycles. The number of hydrogen-bond donors (Lipinski definition) is 3. The number of nitrogens with one attached hydrogen (secondary N) is 3. The van der Waals surface area contributed by atoms with Crippen LogP contribution in [0, 0.1) is 0 Å². The lowest BCUT2D eigenvalue weighted by atomic mass is 10.0. The van der Waals surface area contributed by atoms with Gasteiger partial charge < -0.3 is 20.4 Å². The van der Waals surface area contributed by atoms with Gasteiger partial charge in [-0.2, -0.15) is 4.98 Å². The van der Waals surface area contributed by atoms with Crippen LogP contribution in [0.4, 0.5) is 6.01 Å². The van der Waals surface area contributed by atoms with Gasteiger partial charge in [-0.15, -0.1) is 0 Å². The Labute approximate surface area is 152 Å². The summed E-state index contributed by atoms with van der Waals surface area (Å²) < 4.78 is 5.78. The lowest BCUT2D eigenvalue weighted by Gasteiger charge is -2.32. The monoisotopic (exact) mass is 355 g/mol. The fraction of sp³-hybridized carbons (Fsp3) is 0.579. The second-order valence-electron chi connectivity index (χ2n) is 7.80. The van der Waals surface area contributed by atoms with Gasteiger partial charge in [0.05, 0.1) is 11.6 Å². The zero-order chi connectivity index (χ0) is 17.7. The van der Waals surface area contributed by atoms with Crippen LogP contribution >= 0.6 is 0 Å². The number of carbonyl (C=O) groups excluding carboxylic acids is 1. The van der Waals surface area contributed by atoms with E-state index in [-0.39, 0.29) is 11.9 Å². The minimum Gasteiger partial charge on any atom is -0.424 e. The highest BCUT2D eigenvalue weighted by atomic mass is 16.4. The Balaban J connectivity index is 1.37. The van der Waals surface area contributed by atoms with Crippen LogP contribution in [0.5, 0.6) is 0 Å². The number of para-hydroxylation sites is 1. The molecule has 7 nitrogen and oxygen atoms in total. The van der Waals surface area contributed by atoms with Crippen molar-refractivity contribution in [3.8, 4) is 0 Å². The molecule has 1 aromatic carbocycles. The van der Waals surface area contributed by atoms with E-state index in [4.69, 9.17) is 4.42 Å². The topological polar surface area (TPSA) is 82.4 Å². The molecule has 3 atom stereocenters. The summed E-state index contributed by atoms with van der Waals surface area (Å²) in [4.78, 5) is 19.9. The van der Waals surface area contributed by atoms with Crippen molar-refractivity contribution in [2.75, 3.05) is 25.5 Å². The van der Waals surface area contributed by atoms with Gasteiger partial charge in [0, 0.05) is 31.2 Å². The average Bonchev–Trinajstić information content (AvgIpc) is 3.05. The van der Waals surface area contributed by atoms with Crippen molar-refractivity contribution in [2.24, 2.45) is 0 Å². The number of benzene rings is 1. The van der Waals surface area contributed by atoms with Crippen LogP contribution in [0.3, 0.4) is 0 Å². The van der Waals surface area contributed by atoms with Crippen LogP contribution in [0.25, 0.3) is 11.1 Å². The highest BCUT2D eigenvalue weighted by Crippen LogP contribution is 2.34. The van der Waals surface area contributed by atoms with Gasteiger partial charge in [-0.3, -0.25) is 9.69 Å². The summed E-state index contributed by atoms with van der Waals surface area (Å²) in [6.45, 7) is 1.81. The largest absolute Gasteiger partial charge is 0.424 e. The van der Waals surface area contributed by atoms with Crippen molar-refractivity contribution in [1.82, 2.24) is 20.5 Å². The maximum Gasteiger partial charge on any atom is 0.296 e. The number of amides is 1. The lowest BCUT2D eigenvalue weighted by Crippen LogP contribution is -2.51. The van der Waals surface area contributed by atoms with E-state index in [1.54, 1.807) is 0 Å². The maximum atomic E-state index is 13.0. The van der Waals surface area contributed by atoms with Gasteiger partial charge in [0.2, 0.25) is 0 Å². The SMILES string of the molecule is CN1C2CCCC1C(NC(=O)c1cccc3oc(NC4CNC4)nc13)C2. The predicted octanol–water partition coefficient (Wildman–Crippen LogP) is 1.57. The summed E-state index contributed by atoms with van der Waals surface area (Å²) in [6.07, 6.45) is 4.71. The summed E-state index contributed by atoms with van der Waals surface area (Å²) in [7, 11) is 2.19. The first-order chi connectivity index (χ1) is 12.7. The number of anilines is 1. The van der Waals surface area contributed by atoms with Gasteiger partial charge in [0.1, 0.15) is 5.52 Å². The molecule has 5 rings (SSSR count). The Bertz CT molecular complexity index is 830. The molecule has 1 aromatic heterocycles. The van der Waals surface area contributed by atoms with Crippen molar-refractivity contribution >= 4 is 23.0 Å². The molecule has 138 valence electrons. The molecule has 3 aliphatic heterocycles. The van der Waals surface area contributed by atoms with Crippen molar-refractivity contribution in [3.63, 3.8) is 0 Å². The fourth-order valence-electron chi connectivity index (χ4n) is 4.62. The number of hydrogen-bond acceptors (Lipinski definition) is 6. The molecule has 26 heavy (non-hydrogen) atoms. The van der Waals surface area contributed by atoms with Crippen LogP contribution in [0.15, 0.2) is 22.6 Å². The first kappa shape index (κ1) is 16.1. The third-order valence-electron chi connectivity index (χ3n) is 6.22. The molecule has 2 aromatic rings. The molecule has 3 fully saturated rings. The first-order valence-electron chi connectivity index (χ1n) is 9.58. The van der Waals surface area contributed by atoms with E-state index in [0.29, 0.717) is 40.8 Å². The Kier molecular flexibility index (Phi) is 3.86.